The third-order valence-electron chi connectivity index (χ3n) is 2.06. The highest BCUT2D eigenvalue weighted by Gasteiger charge is 2.29. The van der Waals surface area contributed by atoms with Crippen molar-refractivity contribution >= 4 is 6.47 Å². The second-order valence-electron chi connectivity index (χ2n) is 3.11. The molecule has 0 aliphatic carbocycles. The van der Waals surface area contributed by atoms with Gasteiger partial charge in [0.05, 0.1) is 0 Å². The van der Waals surface area contributed by atoms with Gasteiger partial charge in [-0.05, 0) is 6.42 Å². The normalized spacial score (nSPS) is 14.4. The van der Waals surface area contributed by atoms with Gasteiger partial charge in [0.25, 0.3) is 6.47 Å². The number of aliphatic hydroxyl groups is 1. The predicted molar refractivity (Wildman–Crippen MR) is 52.4 cm³/mol. The molecule has 1 rings (SSSR count). The Kier molecular flexibility index (Phi) is 3.65. The van der Waals surface area contributed by atoms with E-state index >= 15 is 0 Å². The highest BCUT2D eigenvalue weighted by atomic mass is 16.6. The van der Waals surface area contributed by atoms with Crippen molar-refractivity contribution in [3.8, 4) is 0 Å². The SMILES string of the molecule is CCCC(O)(OC=O)c1ccccc1. The van der Waals surface area contributed by atoms with Crippen LogP contribution in [0.4, 0.5) is 0 Å². The van der Waals surface area contributed by atoms with E-state index in [4.69, 9.17) is 4.74 Å². The van der Waals surface area contributed by atoms with Gasteiger partial charge in [-0.25, -0.2) is 0 Å². The molecule has 0 aromatic heterocycles. The van der Waals surface area contributed by atoms with E-state index in [0.29, 0.717) is 12.0 Å². The molecule has 1 unspecified atom stereocenters. The molecule has 1 atom stereocenters. The Hall–Kier alpha value is -1.35. The fourth-order valence-corrected chi connectivity index (χ4v) is 1.39. The fraction of sp³-hybridized carbons (Fsp3) is 0.364. The monoisotopic (exact) mass is 194 g/mol. The van der Waals surface area contributed by atoms with Crippen LogP contribution in [0.25, 0.3) is 0 Å². The molecular weight excluding hydrogens is 180 g/mol. The average molecular weight is 194 g/mol. The first-order chi connectivity index (χ1) is 6.73. The summed E-state index contributed by atoms with van der Waals surface area (Å²) in [4.78, 5) is 10.3. The van der Waals surface area contributed by atoms with E-state index in [1.807, 2.05) is 13.0 Å². The molecular formula is C11H14O3. The number of ether oxygens (including phenoxy) is 1. The number of carbonyl (C=O) groups is 1. The van der Waals surface area contributed by atoms with Gasteiger partial charge in [-0.1, -0.05) is 37.3 Å². The number of carbonyl (C=O) groups excluding carboxylic acids is 1. The molecule has 76 valence electrons. The van der Waals surface area contributed by atoms with Crippen LogP contribution in [0.3, 0.4) is 0 Å². The van der Waals surface area contributed by atoms with Crippen molar-refractivity contribution in [1.29, 1.82) is 0 Å². The molecule has 0 saturated heterocycles. The van der Waals surface area contributed by atoms with Crippen LogP contribution in [-0.2, 0) is 15.3 Å². The summed E-state index contributed by atoms with van der Waals surface area (Å²) in [6.07, 6.45) is 1.13. The summed E-state index contributed by atoms with van der Waals surface area (Å²) in [5.41, 5.74) is 0.606. The summed E-state index contributed by atoms with van der Waals surface area (Å²) in [5, 5.41) is 10.0. The van der Waals surface area contributed by atoms with Gasteiger partial charge in [-0.15, -0.1) is 0 Å². The van der Waals surface area contributed by atoms with E-state index in [-0.39, 0.29) is 6.47 Å². The Morgan fingerprint density at radius 3 is 2.57 bits per heavy atom. The third kappa shape index (κ3) is 2.33. The first-order valence-electron chi connectivity index (χ1n) is 4.62. The second kappa shape index (κ2) is 4.77. The van der Waals surface area contributed by atoms with Crippen molar-refractivity contribution < 1.29 is 14.6 Å². The van der Waals surface area contributed by atoms with Crippen LogP contribution >= 0.6 is 0 Å². The van der Waals surface area contributed by atoms with Crippen LogP contribution in [0, 0.1) is 0 Å². The van der Waals surface area contributed by atoms with Gasteiger partial charge in [0.15, 0.2) is 0 Å². The molecule has 1 N–H and O–H groups in total. The maximum absolute atomic E-state index is 10.3. The van der Waals surface area contributed by atoms with Crippen LogP contribution in [-0.4, -0.2) is 11.6 Å². The highest BCUT2D eigenvalue weighted by Crippen LogP contribution is 2.26. The number of benzene rings is 1. The summed E-state index contributed by atoms with van der Waals surface area (Å²) in [6.45, 7) is 2.20. The van der Waals surface area contributed by atoms with Gasteiger partial charge in [-0.2, -0.15) is 0 Å². The van der Waals surface area contributed by atoms with Crippen LogP contribution in [0.2, 0.25) is 0 Å². The molecule has 1 aromatic carbocycles. The minimum atomic E-state index is -1.47. The Morgan fingerprint density at radius 2 is 2.07 bits per heavy atom. The minimum Gasteiger partial charge on any atom is -0.431 e. The van der Waals surface area contributed by atoms with Crippen molar-refractivity contribution in [2.24, 2.45) is 0 Å². The molecule has 3 nitrogen and oxygen atoms in total. The molecule has 0 aliphatic rings. The van der Waals surface area contributed by atoms with Crippen LogP contribution in [0.15, 0.2) is 30.3 Å². The summed E-state index contributed by atoms with van der Waals surface area (Å²) < 4.78 is 4.73. The largest absolute Gasteiger partial charge is 0.431 e. The van der Waals surface area contributed by atoms with Gasteiger partial charge >= 0.3 is 0 Å². The summed E-state index contributed by atoms with van der Waals surface area (Å²) in [6, 6.07) is 8.91. The zero-order valence-electron chi connectivity index (χ0n) is 8.14. The smallest absolute Gasteiger partial charge is 0.295 e. The quantitative estimate of drug-likeness (QED) is 0.574. The van der Waals surface area contributed by atoms with E-state index in [0.717, 1.165) is 6.42 Å². The number of rotatable bonds is 5. The lowest BCUT2D eigenvalue weighted by molar-refractivity contribution is -0.205. The lowest BCUT2D eigenvalue weighted by Crippen LogP contribution is -2.28. The van der Waals surface area contributed by atoms with Crippen molar-refractivity contribution in [3.63, 3.8) is 0 Å². The van der Waals surface area contributed by atoms with E-state index < -0.39 is 5.79 Å². The number of hydrogen-bond donors (Lipinski definition) is 1. The molecule has 0 bridgehead atoms. The molecule has 3 heteroatoms. The molecule has 0 spiro atoms. The Morgan fingerprint density at radius 1 is 1.43 bits per heavy atom. The lowest BCUT2D eigenvalue weighted by Gasteiger charge is -2.25. The number of hydrogen-bond acceptors (Lipinski definition) is 3. The average Bonchev–Trinajstić information content (AvgIpc) is 2.20. The van der Waals surface area contributed by atoms with Crippen molar-refractivity contribution in [3.05, 3.63) is 35.9 Å². The molecule has 0 radical (unpaired) electrons. The van der Waals surface area contributed by atoms with Crippen LogP contribution in [0.5, 0.6) is 0 Å². The minimum absolute atomic E-state index is 0.280. The van der Waals surface area contributed by atoms with Gasteiger partial charge < -0.3 is 9.84 Å². The summed E-state index contributed by atoms with van der Waals surface area (Å²) >= 11 is 0. The highest BCUT2D eigenvalue weighted by molar-refractivity contribution is 5.39. The van der Waals surface area contributed by atoms with Crippen LogP contribution in [0.1, 0.15) is 25.3 Å². The fourth-order valence-electron chi connectivity index (χ4n) is 1.39. The topological polar surface area (TPSA) is 46.5 Å². The zero-order chi connectivity index (χ0) is 10.4. The Bertz CT molecular complexity index is 284. The van der Waals surface area contributed by atoms with Gasteiger partial charge in [0.2, 0.25) is 5.79 Å². The molecule has 0 fully saturated rings. The molecule has 0 saturated carbocycles. The van der Waals surface area contributed by atoms with Gasteiger partial charge in [-0.3, -0.25) is 4.79 Å². The molecule has 0 heterocycles. The van der Waals surface area contributed by atoms with Crippen molar-refractivity contribution in [2.45, 2.75) is 25.6 Å². The Labute approximate surface area is 83.3 Å². The molecule has 0 amide bonds. The first kappa shape index (κ1) is 10.7. The van der Waals surface area contributed by atoms with E-state index in [1.165, 1.54) is 0 Å². The van der Waals surface area contributed by atoms with Gasteiger partial charge in [0.1, 0.15) is 0 Å². The first-order valence-corrected chi connectivity index (χ1v) is 4.62. The van der Waals surface area contributed by atoms with Crippen molar-refractivity contribution in [2.75, 3.05) is 0 Å². The molecule has 0 aliphatic heterocycles. The molecule has 14 heavy (non-hydrogen) atoms. The summed E-state index contributed by atoms with van der Waals surface area (Å²) in [5.74, 6) is -1.47. The predicted octanol–water partition coefficient (Wildman–Crippen LogP) is 1.80. The van der Waals surface area contributed by atoms with Crippen molar-refractivity contribution in [1.82, 2.24) is 0 Å². The zero-order valence-corrected chi connectivity index (χ0v) is 8.14. The third-order valence-corrected chi connectivity index (χ3v) is 2.06. The molecule has 1 aromatic rings. The van der Waals surface area contributed by atoms with E-state index in [9.17, 15) is 9.90 Å². The summed E-state index contributed by atoms with van der Waals surface area (Å²) in [7, 11) is 0. The second-order valence-corrected chi connectivity index (χ2v) is 3.11. The van der Waals surface area contributed by atoms with Crippen LogP contribution < -0.4 is 0 Å². The maximum Gasteiger partial charge on any atom is 0.295 e. The van der Waals surface area contributed by atoms with E-state index in [2.05, 4.69) is 0 Å². The lowest BCUT2D eigenvalue weighted by atomic mass is 10.0. The van der Waals surface area contributed by atoms with E-state index in [1.54, 1.807) is 24.3 Å². The Balaban J connectivity index is 2.92. The standard InChI is InChI=1S/C11H14O3/c1-2-8-11(13,14-9-12)10-6-4-3-5-7-10/h3-7,9,13H,2,8H2,1H3. The van der Waals surface area contributed by atoms with Gasteiger partial charge in [0, 0.05) is 12.0 Å². The maximum atomic E-state index is 10.3.